The van der Waals surface area contributed by atoms with E-state index in [2.05, 4.69) is 10.2 Å². The minimum Gasteiger partial charge on any atom is -0.475 e. The van der Waals surface area contributed by atoms with E-state index in [1.807, 2.05) is 0 Å². The van der Waals surface area contributed by atoms with Crippen LogP contribution in [-0.2, 0) is 19.1 Å². The van der Waals surface area contributed by atoms with Crippen LogP contribution in [0.15, 0.2) is 0 Å². The summed E-state index contributed by atoms with van der Waals surface area (Å²) in [6.07, 6.45) is -0.500. The number of hydrogen-bond acceptors (Lipinski definition) is 5. The summed E-state index contributed by atoms with van der Waals surface area (Å²) >= 11 is 0. The van der Waals surface area contributed by atoms with Crippen molar-refractivity contribution in [2.75, 3.05) is 46.5 Å². The summed E-state index contributed by atoms with van der Waals surface area (Å²) < 4.78 is 43.1. The van der Waals surface area contributed by atoms with Crippen molar-refractivity contribution >= 4 is 11.9 Å². The Morgan fingerprint density at radius 1 is 1.14 bits per heavy atom. The van der Waals surface area contributed by atoms with Gasteiger partial charge in [-0.15, -0.1) is 0 Å². The van der Waals surface area contributed by atoms with Crippen molar-refractivity contribution in [1.82, 2.24) is 10.2 Å². The minimum atomic E-state index is -5.08. The van der Waals surface area contributed by atoms with Gasteiger partial charge in [0.1, 0.15) is 0 Å². The van der Waals surface area contributed by atoms with Gasteiger partial charge < -0.3 is 24.8 Å². The van der Waals surface area contributed by atoms with E-state index in [0.717, 1.165) is 58.2 Å². The maximum atomic E-state index is 12.1. The van der Waals surface area contributed by atoms with E-state index < -0.39 is 12.1 Å². The number of carbonyl (C=O) groups is 2. The Morgan fingerprint density at radius 2 is 1.79 bits per heavy atom. The van der Waals surface area contributed by atoms with E-state index in [1.165, 1.54) is 12.8 Å². The normalized spacial score (nSPS) is 29.2. The smallest absolute Gasteiger partial charge is 0.475 e. The molecule has 10 heteroatoms. The van der Waals surface area contributed by atoms with Crippen LogP contribution in [0, 0.1) is 17.8 Å². The van der Waals surface area contributed by atoms with Gasteiger partial charge in [-0.3, -0.25) is 4.79 Å². The molecule has 3 atom stereocenters. The molecule has 0 saturated carbocycles. The number of carbonyl (C=O) groups excluding carboxylic acids is 1. The van der Waals surface area contributed by atoms with Crippen LogP contribution in [0.2, 0.25) is 0 Å². The lowest BCUT2D eigenvalue weighted by Gasteiger charge is -2.45. The van der Waals surface area contributed by atoms with Gasteiger partial charge in [0.15, 0.2) is 0 Å². The zero-order chi connectivity index (χ0) is 20.7. The number of nitrogens with zero attached hydrogens (tertiary/aromatic N) is 1. The maximum Gasteiger partial charge on any atom is 0.490 e. The molecule has 3 aliphatic rings. The molecular formula is C18H29F3N2O5. The number of ether oxygens (including phenoxy) is 2. The Hall–Kier alpha value is -1.39. The Kier molecular flexibility index (Phi) is 8.51. The number of alkyl halides is 3. The van der Waals surface area contributed by atoms with Gasteiger partial charge in [0.2, 0.25) is 5.91 Å². The van der Waals surface area contributed by atoms with Crippen molar-refractivity contribution in [3.63, 3.8) is 0 Å². The molecule has 0 aromatic carbocycles. The summed E-state index contributed by atoms with van der Waals surface area (Å²) in [4.78, 5) is 23.6. The summed E-state index contributed by atoms with van der Waals surface area (Å²) in [5.41, 5.74) is 0. The fourth-order valence-electron chi connectivity index (χ4n) is 4.16. The van der Waals surface area contributed by atoms with Crippen LogP contribution in [0.5, 0.6) is 0 Å². The molecular weight excluding hydrogens is 381 g/mol. The quantitative estimate of drug-likeness (QED) is 0.734. The Bertz CT molecular complexity index is 526. The number of nitrogens with one attached hydrogen (secondary N) is 1. The van der Waals surface area contributed by atoms with E-state index in [1.54, 1.807) is 7.05 Å². The van der Waals surface area contributed by atoms with Gasteiger partial charge >= 0.3 is 12.1 Å². The third kappa shape index (κ3) is 6.59. The number of carboxylic acid groups (broad SMARTS) is 1. The van der Waals surface area contributed by atoms with Gasteiger partial charge in [0.25, 0.3) is 0 Å². The molecule has 3 rings (SSSR count). The number of halogens is 3. The first-order valence-corrected chi connectivity index (χ1v) is 9.65. The standard InChI is InChI=1S/C16H28N2O3.C2HF3O2/c1-17-16(19)13-5-9-21-15-2-6-18(11-14(13)15)10-12-3-7-20-8-4-12;3-2(4,5)1(6)7/h12-15H,2-11H2,1H3,(H,17,19);(H,6,7)/t13-,14+,15-;/m1./s1. The predicted octanol–water partition coefficient (Wildman–Crippen LogP) is 1.52. The van der Waals surface area contributed by atoms with Gasteiger partial charge in [0, 0.05) is 58.3 Å². The second-order valence-electron chi connectivity index (χ2n) is 7.49. The highest BCUT2D eigenvalue weighted by atomic mass is 19.4. The third-order valence-electron chi connectivity index (χ3n) is 5.64. The fourth-order valence-corrected chi connectivity index (χ4v) is 4.16. The average Bonchev–Trinajstić information content (AvgIpc) is 2.67. The molecule has 2 N–H and O–H groups in total. The molecule has 0 unspecified atom stereocenters. The third-order valence-corrected chi connectivity index (χ3v) is 5.64. The molecule has 0 radical (unpaired) electrons. The first kappa shape index (κ1) is 22.9. The number of likely N-dealkylation sites (tertiary alicyclic amines) is 1. The molecule has 0 aromatic rings. The monoisotopic (exact) mass is 410 g/mol. The summed E-state index contributed by atoms with van der Waals surface area (Å²) in [5.74, 6) is -1.30. The molecule has 162 valence electrons. The lowest BCUT2D eigenvalue weighted by Crippen LogP contribution is -2.53. The minimum absolute atomic E-state index is 0.131. The second-order valence-corrected chi connectivity index (χ2v) is 7.49. The number of piperidine rings is 1. The van der Waals surface area contributed by atoms with Gasteiger partial charge in [0.05, 0.1) is 6.10 Å². The Balaban J connectivity index is 0.000000345. The number of amides is 1. The molecule has 3 fully saturated rings. The summed E-state index contributed by atoms with van der Waals surface area (Å²) in [5, 5.41) is 9.96. The van der Waals surface area contributed by atoms with Crippen LogP contribution in [-0.4, -0.2) is 80.7 Å². The fraction of sp³-hybridized carbons (Fsp3) is 0.889. The van der Waals surface area contributed by atoms with Crippen molar-refractivity contribution in [2.45, 2.75) is 38.0 Å². The Labute approximate surface area is 162 Å². The lowest BCUT2D eigenvalue weighted by molar-refractivity contribution is -0.192. The molecule has 28 heavy (non-hydrogen) atoms. The molecule has 3 aliphatic heterocycles. The van der Waals surface area contributed by atoms with Crippen molar-refractivity contribution in [1.29, 1.82) is 0 Å². The van der Waals surface area contributed by atoms with Gasteiger partial charge in [-0.25, -0.2) is 4.79 Å². The van der Waals surface area contributed by atoms with Crippen LogP contribution < -0.4 is 5.32 Å². The van der Waals surface area contributed by atoms with E-state index in [0.29, 0.717) is 5.92 Å². The molecule has 0 spiro atoms. The van der Waals surface area contributed by atoms with Crippen molar-refractivity contribution in [2.24, 2.45) is 17.8 Å². The topological polar surface area (TPSA) is 88.1 Å². The zero-order valence-electron chi connectivity index (χ0n) is 16.0. The first-order valence-electron chi connectivity index (χ1n) is 9.65. The highest BCUT2D eigenvalue weighted by molar-refractivity contribution is 5.78. The molecule has 0 bridgehead atoms. The lowest BCUT2D eigenvalue weighted by atomic mass is 9.78. The van der Waals surface area contributed by atoms with E-state index >= 15 is 0 Å². The molecule has 3 saturated heterocycles. The molecule has 0 aliphatic carbocycles. The van der Waals surface area contributed by atoms with Crippen LogP contribution in [0.4, 0.5) is 13.2 Å². The van der Waals surface area contributed by atoms with E-state index in [9.17, 15) is 18.0 Å². The highest BCUT2D eigenvalue weighted by Crippen LogP contribution is 2.34. The molecule has 7 nitrogen and oxygen atoms in total. The SMILES string of the molecule is CNC(=O)[C@@H]1CCO[C@@H]2CCN(CC3CCOCC3)C[C@H]21.O=C(O)C(F)(F)F. The van der Waals surface area contributed by atoms with E-state index in [-0.39, 0.29) is 17.9 Å². The van der Waals surface area contributed by atoms with Crippen molar-refractivity contribution in [3.8, 4) is 0 Å². The van der Waals surface area contributed by atoms with Crippen LogP contribution in [0.1, 0.15) is 25.7 Å². The van der Waals surface area contributed by atoms with Crippen molar-refractivity contribution in [3.05, 3.63) is 0 Å². The predicted molar refractivity (Wildman–Crippen MR) is 93.7 cm³/mol. The van der Waals surface area contributed by atoms with Crippen LogP contribution >= 0.6 is 0 Å². The van der Waals surface area contributed by atoms with Crippen LogP contribution in [0.3, 0.4) is 0 Å². The average molecular weight is 410 g/mol. The molecule has 3 heterocycles. The zero-order valence-corrected chi connectivity index (χ0v) is 16.0. The summed E-state index contributed by atoms with van der Waals surface area (Å²) in [7, 11) is 1.75. The largest absolute Gasteiger partial charge is 0.490 e. The van der Waals surface area contributed by atoms with E-state index in [4.69, 9.17) is 19.4 Å². The number of hydrogen-bond donors (Lipinski definition) is 2. The number of aliphatic carboxylic acids is 1. The second kappa shape index (κ2) is 10.4. The number of fused-ring (bicyclic) bond motifs is 1. The summed E-state index contributed by atoms with van der Waals surface area (Å²) in [6.45, 7) is 5.84. The highest BCUT2D eigenvalue weighted by Gasteiger charge is 2.41. The summed E-state index contributed by atoms with van der Waals surface area (Å²) in [6, 6.07) is 0. The van der Waals surface area contributed by atoms with Gasteiger partial charge in [-0.05, 0) is 31.6 Å². The van der Waals surface area contributed by atoms with Crippen molar-refractivity contribution < 1.29 is 37.3 Å². The number of carboxylic acids is 1. The van der Waals surface area contributed by atoms with Crippen LogP contribution in [0.25, 0.3) is 0 Å². The number of rotatable bonds is 3. The maximum absolute atomic E-state index is 12.1. The first-order chi connectivity index (χ1) is 13.2. The Morgan fingerprint density at radius 3 is 2.36 bits per heavy atom. The van der Waals surface area contributed by atoms with Gasteiger partial charge in [-0.2, -0.15) is 13.2 Å². The molecule has 0 aromatic heterocycles. The van der Waals surface area contributed by atoms with Gasteiger partial charge in [-0.1, -0.05) is 0 Å². The molecule has 1 amide bonds.